The molecule has 2 aromatic rings. The second kappa shape index (κ2) is 6.59. The molecule has 0 aliphatic heterocycles. The van der Waals surface area contributed by atoms with Gasteiger partial charge in [-0.2, -0.15) is 0 Å². The predicted octanol–water partition coefficient (Wildman–Crippen LogP) is 4.26. The Labute approximate surface area is 132 Å². The number of methoxy groups -OCH3 is 1. The third kappa shape index (κ3) is 3.22. The molecular formula is C15H15ClINO. The Bertz CT molecular complexity index is 574. The SMILES string of the molecule is CNC(c1ccc(OC)c(Cl)c1)c1ccccc1I. The van der Waals surface area contributed by atoms with Crippen molar-refractivity contribution >= 4 is 34.2 Å². The van der Waals surface area contributed by atoms with Crippen molar-refractivity contribution in [2.75, 3.05) is 14.2 Å². The summed E-state index contributed by atoms with van der Waals surface area (Å²) in [5, 5.41) is 3.97. The predicted molar refractivity (Wildman–Crippen MR) is 88.1 cm³/mol. The van der Waals surface area contributed by atoms with Crippen LogP contribution in [0.25, 0.3) is 0 Å². The van der Waals surface area contributed by atoms with E-state index in [9.17, 15) is 0 Å². The Morgan fingerprint density at radius 3 is 2.53 bits per heavy atom. The molecule has 2 aromatic carbocycles. The molecule has 0 saturated carbocycles. The lowest BCUT2D eigenvalue weighted by atomic mass is 9.99. The van der Waals surface area contributed by atoms with Gasteiger partial charge < -0.3 is 10.1 Å². The van der Waals surface area contributed by atoms with Gasteiger partial charge in [-0.25, -0.2) is 0 Å². The summed E-state index contributed by atoms with van der Waals surface area (Å²) in [5.74, 6) is 0.697. The molecule has 0 spiro atoms. The van der Waals surface area contributed by atoms with Crippen molar-refractivity contribution in [3.05, 3.63) is 62.2 Å². The summed E-state index contributed by atoms with van der Waals surface area (Å²) < 4.78 is 6.42. The average molecular weight is 388 g/mol. The molecule has 0 aromatic heterocycles. The fraction of sp³-hybridized carbons (Fsp3) is 0.200. The van der Waals surface area contributed by atoms with E-state index in [-0.39, 0.29) is 6.04 Å². The van der Waals surface area contributed by atoms with Crippen LogP contribution in [-0.2, 0) is 0 Å². The molecule has 1 N–H and O–H groups in total. The Kier molecular flexibility index (Phi) is 5.07. The quantitative estimate of drug-likeness (QED) is 0.792. The van der Waals surface area contributed by atoms with Crippen molar-refractivity contribution in [1.29, 1.82) is 0 Å². The zero-order valence-electron chi connectivity index (χ0n) is 10.8. The van der Waals surface area contributed by atoms with Gasteiger partial charge in [0.1, 0.15) is 5.75 Å². The Hall–Kier alpha value is -0.780. The lowest BCUT2D eigenvalue weighted by molar-refractivity contribution is 0.414. The maximum Gasteiger partial charge on any atom is 0.137 e. The maximum absolute atomic E-state index is 6.20. The summed E-state index contributed by atoms with van der Waals surface area (Å²) in [7, 11) is 3.57. The van der Waals surface area contributed by atoms with Gasteiger partial charge in [0.05, 0.1) is 18.2 Å². The number of nitrogens with one attached hydrogen (secondary N) is 1. The number of hydrogen-bond acceptors (Lipinski definition) is 2. The van der Waals surface area contributed by atoms with Crippen LogP contribution >= 0.6 is 34.2 Å². The number of ether oxygens (including phenoxy) is 1. The van der Waals surface area contributed by atoms with Gasteiger partial charge in [0.2, 0.25) is 0 Å². The molecule has 2 rings (SSSR count). The molecular weight excluding hydrogens is 373 g/mol. The smallest absolute Gasteiger partial charge is 0.137 e. The first-order chi connectivity index (χ1) is 9.17. The monoisotopic (exact) mass is 387 g/mol. The van der Waals surface area contributed by atoms with Crippen LogP contribution in [0.3, 0.4) is 0 Å². The van der Waals surface area contributed by atoms with Crippen LogP contribution in [-0.4, -0.2) is 14.2 Å². The fourth-order valence-corrected chi connectivity index (χ4v) is 3.04. The van der Waals surface area contributed by atoms with Crippen molar-refractivity contribution in [1.82, 2.24) is 5.32 Å². The highest BCUT2D eigenvalue weighted by molar-refractivity contribution is 14.1. The molecule has 0 aliphatic rings. The standard InChI is InChI=1S/C15H15ClINO/c1-18-15(11-5-3-4-6-13(11)17)10-7-8-14(19-2)12(16)9-10/h3-9,15,18H,1-2H3. The zero-order valence-corrected chi connectivity index (χ0v) is 13.7. The van der Waals surface area contributed by atoms with Gasteiger partial charge in [0.15, 0.2) is 0 Å². The van der Waals surface area contributed by atoms with E-state index in [2.05, 4.69) is 40.0 Å². The fourth-order valence-electron chi connectivity index (χ4n) is 2.07. The van der Waals surface area contributed by atoms with E-state index in [0.717, 1.165) is 5.56 Å². The van der Waals surface area contributed by atoms with Gasteiger partial charge in [0.25, 0.3) is 0 Å². The van der Waals surface area contributed by atoms with Gasteiger partial charge in [-0.15, -0.1) is 0 Å². The van der Waals surface area contributed by atoms with Crippen LogP contribution in [0.1, 0.15) is 17.2 Å². The van der Waals surface area contributed by atoms with E-state index in [1.54, 1.807) is 7.11 Å². The number of halogens is 2. The minimum atomic E-state index is 0.122. The van der Waals surface area contributed by atoms with Crippen molar-refractivity contribution in [3.63, 3.8) is 0 Å². The van der Waals surface area contributed by atoms with E-state index < -0.39 is 0 Å². The molecule has 1 unspecified atom stereocenters. The molecule has 100 valence electrons. The minimum Gasteiger partial charge on any atom is -0.495 e. The van der Waals surface area contributed by atoms with Gasteiger partial charge in [-0.3, -0.25) is 0 Å². The lowest BCUT2D eigenvalue weighted by Gasteiger charge is -2.19. The molecule has 4 heteroatoms. The maximum atomic E-state index is 6.20. The topological polar surface area (TPSA) is 21.3 Å². The second-order valence-electron chi connectivity index (χ2n) is 4.14. The first kappa shape index (κ1) is 14.6. The molecule has 19 heavy (non-hydrogen) atoms. The van der Waals surface area contributed by atoms with Crippen LogP contribution < -0.4 is 10.1 Å². The molecule has 0 bridgehead atoms. The number of benzene rings is 2. The normalized spacial score (nSPS) is 12.2. The van der Waals surface area contributed by atoms with Gasteiger partial charge >= 0.3 is 0 Å². The summed E-state index contributed by atoms with van der Waals surface area (Å²) in [6.07, 6.45) is 0. The van der Waals surface area contributed by atoms with E-state index >= 15 is 0 Å². The largest absolute Gasteiger partial charge is 0.495 e. The Balaban J connectivity index is 2.43. The first-order valence-corrected chi connectivity index (χ1v) is 7.38. The molecule has 2 nitrogen and oxygen atoms in total. The van der Waals surface area contributed by atoms with Crippen molar-refractivity contribution in [2.24, 2.45) is 0 Å². The summed E-state index contributed by atoms with van der Waals surface area (Å²) in [5.41, 5.74) is 2.37. The van der Waals surface area contributed by atoms with Crippen molar-refractivity contribution < 1.29 is 4.74 Å². The van der Waals surface area contributed by atoms with E-state index in [1.165, 1.54) is 9.13 Å². The molecule has 0 saturated heterocycles. The number of hydrogen-bond donors (Lipinski definition) is 1. The van der Waals surface area contributed by atoms with E-state index in [1.807, 2.05) is 37.4 Å². The summed E-state index contributed by atoms with van der Waals surface area (Å²) in [6, 6.07) is 14.3. The molecule has 1 atom stereocenters. The van der Waals surface area contributed by atoms with Crippen LogP contribution in [0, 0.1) is 3.57 Å². The Morgan fingerprint density at radius 1 is 1.21 bits per heavy atom. The van der Waals surface area contributed by atoms with Crippen LogP contribution in [0.5, 0.6) is 5.75 Å². The van der Waals surface area contributed by atoms with Crippen molar-refractivity contribution in [3.8, 4) is 5.75 Å². The van der Waals surface area contributed by atoms with E-state index in [4.69, 9.17) is 16.3 Å². The van der Waals surface area contributed by atoms with Crippen LogP contribution in [0.2, 0.25) is 5.02 Å². The summed E-state index contributed by atoms with van der Waals surface area (Å²) in [4.78, 5) is 0. The molecule has 0 aliphatic carbocycles. The minimum absolute atomic E-state index is 0.122. The van der Waals surface area contributed by atoms with Gasteiger partial charge in [-0.05, 0) is 59.0 Å². The first-order valence-electron chi connectivity index (χ1n) is 5.92. The molecule has 0 fully saturated rings. The lowest BCUT2D eigenvalue weighted by Crippen LogP contribution is -2.18. The number of rotatable bonds is 4. The van der Waals surface area contributed by atoms with E-state index in [0.29, 0.717) is 10.8 Å². The molecule has 0 heterocycles. The summed E-state index contributed by atoms with van der Waals surface area (Å²) >= 11 is 8.55. The summed E-state index contributed by atoms with van der Waals surface area (Å²) in [6.45, 7) is 0. The molecule has 0 amide bonds. The third-order valence-electron chi connectivity index (χ3n) is 3.01. The third-order valence-corrected chi connectivity index (χ3v) is 4.29. The van der Waals surface area contributed by atoms with Gasteiger partial charge in [-0.1, -0.05) is 35.9 Å². The van der Waals surface area contributed by atoms with Crippen molar-refractivity contribution in [2.45, 2.75) is 6.04 Å². The van der Waals surface area contributed by atoms with Gasteiger partial charge in [0, 0.05) is 3.57 Å². The highest BCUT2D eigenvalue weighted by Gasteiger charge is 2.15. The molecule has 0 radical (unpaired) electrons. The zero-order chi connectivity index (χ0) is 13.8. The highest BCUT2D eigenvalue weighted by Crippen LogP contribution is 2.31. The average Bonchev–Trinajstić information content (AvgIpc) is 2.42. The highest BCUT2D eigenvalue weighted by atomic mass is 127. The van der Waals surface area contributed by atoms with Crippen LogP contribution in [0.15, 0.2) is 42.5 Å². The Morgan fingerprint density at radius 2 is 1.95 bits per heavy atom. The second-order valence-corrected chi connectivity index (χ2v) is 5.71. The van der Waals surface area contributed by atoms with Crippen LogP contribution in [0.4, 0.5) is 0 Å².